The van der Waals surface area contributed by atoms with Crippen LogP contribution in [-0.4, -0.2) is 23.2 Å². The molecule has 0 unspecified atom stereocenters. The zero-order chi connectivity index (χ0) is 14.5. The van der Waals surface area contributed by atoms with Gasteiger partial charge in [0.15, 0.2) is 11.5 Å². The van der Waals surface area contributed by atoms with Gasteiger partial charge in [-0.2, -0.15) is 8.78 Å². The highest BCUT2D eigenvalue weighted by molar-refractivity contribution is 5.71. The average Bonchev–Trinajstić information content (AvgIpc) is 2.41. The minimum absolute atomic E-state index is 0.0342. The molecular formula is C13H13F2N3O2. The van der Waals surface area contributed by atoms with Gasteiger partial charge < -0.3 is 15.2 Å². The number of hydrogen-bond acceptors (Lipinski definition) is 5. The van der Waals surface area contributed by atoms with Gasteiger partial charge in [0, 0.05) is 18.0 Å². The van der Waals surface area contributed by atoms with Crippen LogP contribution in [0.5, 0.6) is 11.5 Å². The van der Waals surface area contributed by atoms with E-state index in [4.69, 9.17) is 10.5 Å². The van der Waals surface area contributed by atoms with Crippen LogP contribution in [0.1, 0.15) is 6.92 Å². The molecule has 1 heterocycles. The first-order valence-electron chi connectivity index (χ1n) is 5.90. The molecule has 0 saturated carbocycles. The standard InChI is InChI=1S/C13H13F2N3O2/c1-2-19-10-7-8(3-4-9(10)20-13(14)15)11-12(16)18-6-5-17-11/h3-7,13H,2H2,1H3,(H2,16,18). The second-order valence-corrected chi connectivity index (χ2v) is 3.76. The van der Waals surface area contributed by atoms with Crippen molar-refractivity contribution in [1.82, 2.24) is 9.97 Å². The fraction of sp³-hybridized carbons (Fsp3) is 0.231. The molecule has 0 aliphatic rings. The van der Waals surface area contributed by atoms with Crippen molar-refractivity contribution in [1.29, 1.82) is 0 Å². The summed E-state index contributed by atoms with van der Waals surface area (Å²) >= 11 is 0. The predicted molar refractivity (Wildman–Crippen MR) is 69.7 cm³/mol. The molecule has 0 amide bonds. The van der Waals surface area contributed by atoms with Crippen molar-refractivity contribution < 1.29 is 18.3 Å². The Hall–Kier alpha value is -2.44. The van der Waals surface area contributed by atoms with Crippen molar-refractivity contribution >= 4 is 5.82 Å². The minimum atomic E-state index is -2.92. The summed E-state index contributed by atoms with van der Waals surface area (Å²) in [6, 6.07) is 4.50. The van der Waals surface area contributed by atoms with E-state index in [1.54, 1.807) is 19.1 Å². The molecule has 2 aromatic rings. The number of anilines is 1. The second kappa shape index (κ2) is 6.14. The normalized spacial score (nSPS) is 10.6. The number of benzene rings is 1. The number of nitrogen functional groups attached to an aromatic ring is 1. The Morgan fingerprint density at radius 2 is 1.95 bits per heavy atom. The van der Waals surface area contributed by atoms with Gasteiger partial charge in [0.05, 0.1) is 6.61 Å². The first-order chi connectivity index (χ1) is 9.61. The monoisotopic (exact) mass is 281 g/mol. The summed E-state index contributed by atoms with van der Waals surface area (Å²) in [5, 5.41) is 0. The topological polar surface area (TPSA) is 70.3 Å². The number of alkyl halides is 2. The van der Waals surface area contributed by atoms with Crippen LogP contribution in [0.2, 0.25) is 0 Å². The molecule has 0 aliphatic heterocycles. The van der Waals surface area contributed by atoms with Crippen molar-refractivity contribution in [3.05, 3.63) is 30.6 Å². The zero-order valence-corrected chi connectivity index (χ0v) is 10.7. The molecule has 7 heteroatoms. The third-order valence-electron chi connectivity index (χ3n) is 2.46. The van der Waals surface area contributed by atoms with E-state index in [-0.39, 0.29) is 17.3 Å². The lowest BCUT2D eigenvalue weighted by molar-refractivity contribution is -0.0514. The average molecular weight is 281 g/mol. The van der Waals surface area contributed by atoms with E-state index in [0.29, 0.717) is 17.9 Å². The molecule has 5 nitrogen and oxygen atoms in total. The number of aromatic nitrogens is 2. The van der Waals surface area contributed by atoms with E-state index in [1.165, 1.54) is 18.5 Å². The Kier molecular flexibility index (Phi) is 4.29. The van der Waals surface area contributed by atoms with E-state index in [9.17, 15) is 8.78 Å². The molecule has 2 rings (SSSR count). The van der Waals surface area contributed by atoms with Crippen LogP contribution in [0.25, 0.3) is 11.3 Å². The van der Waals surface area contributed by atoms with Gasteiger partial charge in [-0.15, -0.1) is 0 Å². The van der Waals surface area contributed by atoms with Gasteiger partial charge in [0.1, 0.15) is 11.5 Å². The van der Waals surface area contributed by atoms with E-state index in [0.717, 1.165) is 0 Å². The molecule has 0 radical (unpaired) electrons. The van der Waals surface area contributed by atoms with E-state index in [2.05, 4.69) is 14.7 Å². The molecule has 1 aromatic carbocycles. The fourth-order valence-electron chi connectivity index (χ4n) is 1.69. The molecule has 0 bridgehead atoms. The lowest BCUT2D eigenvalue weighted by Crippen LogP contribution is -2.05. The van der Waals surface area contributed by atoms with Crippen LogP contribution in [0, 0.1) is 0 Å². The van der Waals surface area contributed by atoms with Gasteiger partial charge in [0.2, 0.25) is 0 Å². The Bertz CT molecular complexity index is 594. The molecule has 0 aliphatic carbocycles. The van der Waals surface area contributed by atoms with Crippen molar-refractivity contribution in [3.63, 3.8) is 0 Å². The minimum Gasteiger partial charge on any atom is -0.490 e. The van der Waals surface area contributed by atoms with Crippen molar-refractivity contribution in [2.24, 2.45) is 0 Å². The first-order valence-corrected chi connectivity index (χ1v) is 5.90. The van der Waals surface area contributed by atoms with Crippen LogP contribution in [0.4, 0.5) is 14.6 Å². The van der Waals surface area contributed by atoms with Gasteiger partial charge in [-0.3, -0.25) is 4.98 Å². The number of nitrogens with two attached hydrogens (primary N) is 1. The van der Waals surface area contributed by atoms with Gasteiger partial charge in [-0.25, -0.2) is 4.98 Å². The van der Waals surface area contributed by atoms with Gasteiger partial charge in [-0.1, -0.05) is 0 Å². The molecule has 1 aromatic heterocycles. The van der Waals surface area contributed by atoms with Gasteiger partial charge in [-0.05, 0) is 25.1 Å². The third-order valence-corrected chi connectivity index (χ3v) is 2.46. The smallest absolute Gasteiger partial charge is 0.387 e. The van der Waals surface area contributed by atoms with E-state index in [1.807, 2.05) is 0 Å². The largest absolute Gasteiger partial charge is 0.490 e. The summed E-state index contributed by atoms with van der Waals surface area (Å²) in [5.74, 6) is 0.417. The summed E-state index contributed by atoms with van der Waals surface area (Å²) in [4.78, 5) is 8.03. The highest BCUT2D eigenvalue weighted by atomic mass is 19.3. The summed E-state index contributed by atoms with van der Waals surface area (Å²) < 4.78 is 34.3. The number of rotatable bonds is 5. The molecule has 106 valence electrons. The van der Waals surface area contributed by atoms with Crippen LogP contribution >= 0.6 is 0 Å². The maximum atomic E-state index is 12.3. The lowest BCUT2D eigenvalue weighted by atomic mass is 10.1. The van der Waals surface area contributed by atoms with Gasteiger partial charge >= 0.3 is 6.61 Å². The number of halogens is 2. The Labute approximate surface area is 114 Å². The van der Waals surface area contributed by atoms with E-state index >= 15 is 0 Å². The molecule has 0 fully saturated rings. The van der Waals surface area contributed by atoms with Crippen LogP contribution in [-0.2, 0) is 0 Å². The number of ether oxygens (including phenoxy) is 2. The van der Waals surface area contributed by atoms with Crippen molar-refractivity contribution in [3.8, 4) is 22.8 Å². The lowest BCUT2D eigenvalue weighted by Gasteiger charge is -2.12. The number of hydrogen-bond donors (Lipinski definition) is 1. The molecule has 20 heavy (non-hydrogen) atoms. The molecule has 0 saturated heterocycles. The quantitative estimate of drug-likeness (QED) is 0.912. The zero-order valence-electron chi connectivity index (χ0n) is 10.7. The van der Waals surface area contributed by atoms with Crippen molar-refractivity contribution in [2.75, 3.05) is 12.3 Å². The first kappa shape index (κ1) is 14.0. The SMILES string of the molecule is CCOc1cc(-c2nccnc2N)ccc1OC(F)F. The van der Waals surface area contributed by atoms with Crippen LogP contribution in [0.3, 0.4) is 0 Å². The number of nitrogens with zero attached hydrogens (tertiary/aromatic N) is 2. The molecular weight excluding hydrogens is 268 g/mol. The maximum Gasteiger partial charge on any atom is 0.387 e. The summed E-state index contributed by atoms with van der Waals surface area (Å²) in [6.45, 7) is -0.851. The highest BCUT2D eigenvalue weighted by Gasteiger charge is 2.14. The molecule has 0 spiro atoms. The second-order valence-electron chi connectivity index (χ2n) is 3.76. The fourth-order valence-corrected chi connectivity index (χ4v) is 1.69. The summed E-state index contributed by atoms with van der Waals surface area (Å²) in [6.07, 6.45) is 2.96. The maximum absolute atomic E-state index is 12.3. The summed E-state index contributed by atoms with van der Waals surface area (Å²) in [5.41, 5.74) is 6.80. The van der Waals surface area contributed by atoms with Crippen LogP contribution in [0.15, 0.2) is 30.6 Å². The highest BCUT2D eigenvalue weighted by Crippen LogP contribution is 2.34. The molecule has 0 atom stereocenters. The predicted octanol–water partition coefficient (Wildman–Crippen LogP) is 2.73. The van der Waals surface area contributed by atoms with Gasteiger partial charge in [0.25, 0.3) is 0 Å². The molecule has 2 N–H and O–H groups in total. The van der Waals surface area contributed by atoms with E-state index < -0.39 is 6.61 Å². The van der Waals surface area contributed by atoms with Crippen LogP contribution < -0.4 is 15.2 Å². The Morgan fingerprint density at radius 3 is 2.60 bits per heavy atom. The Balaban J connectivity index is 2.42. The summed E-state index contributed by atoms with van der Waals surface area (Å²) in [7, 11) is 0. The Morgan fingerprint density at radius 1 is 1.20 bits per heavy atom. The van der Waals surface area contributed by atoms with Crippen molar-refractivity contribution in [2.45, 2.75) is 13.5 Å². The third kappa shape index (κ3) is 3.11.